The normalized spacial score (nSPS) is 11.6. The van der Waals surface area contributed by atoms with E-state index in [9.17, 15) is 4.79 Å². The summed E-state index contributed by atoms with van der Waals surface area (Å²) in [7, 11) is 0. The van der Waals surface area contributed by atoms with E-state index >= 15 is 0 Å². The Kier molecular flexibility index (Phi) is 11.2. The second-order valence-corrected chi connectivity index (χ2v) is 6.47. The first-order chi connectivity index (χ1) is 8.72. The van der Waals surface area contributed by atoms with Gasteiger partial charge in [-0.3, -0.25) is 4.79 Å². The van der Waals surface area contributed by atoms with Crippen molar-refractivity contribution < 1.29 is 9.90 Å². The minimum absolute atomic E-state index is 0.281. The van der Waals surface area contributed by atoms with Crippen LogP contribution in [0.1, 0.15) is 74.1 Å². The molecule has 0 bridgehead atoms. The van der Waals surface area contributed by atoms with Crippen molar-refractivity contribution in [3.05, 3.63) is 0 Å². The summed E-state index contributed by atoms with van der Waals surface area (Å²) >= 11 is 0. The van der Waals surface area contributed by atoms with E-state index in [1.165, 1.54) is 12.8 Å². The Bertz CT molecular complexity index is 235. The molecule has 3 nitrogen and oxygen atoms in total. The molecule has 0 aromatic carbocycles. The fraction of sp³-hybridized carbons (Fsp3) is 0.938. The lowest BCUT2D eigenvalue weighted by Gasteiger charge is -2.34. The van der Waals surface area contributed by atoms with Gasteiger partial charge in [-0.2, -0.15) is 0 Å². The van der Waals surface area contributed by atoms with Crippen LogP contribution in [-0.4, -0.2) is 24.2 Å². The SMILES string of the molecule is CC.CCC(C)(C)CC(C)(C)CCCNC(=O)CO. The third-order valence-electron chi connectivity index (χ3n) is 3.41. The highest BCUT2D eigenvalue weighted by atomic mass is 16.3. The Hall–Kier alpha value is -0.570. The summed E-state index contributed by atoms with van der Waals surface area (Å²) < 4.78 is 0. The van der Waals surface area contributed by atoms with Crippen LogP contribution < -0.4 is 5.32 Å². The van der Waals surface area contributed by atoms with Crippen LogP contribution in [0, 0.1) is 10.8 Å². The van der Waals surface area contributed by atoms with Gasteiger partial charge in [0, 0.05) is 6.54 Å². The van der Waals surface area contributed by atoms with Crippen LogP contribution in [0.15, 0.2) is 0 Å². The van der Waals surface area contributed by atoms with Gasteiger partial charge in [0.15, 0.2) is 0 Å². The van der Waals surface area contributed by atoms with Crippen molar-refractivity contribution in [3.63, 3.8) is 0 Å². The molecule has 0 radical (unpaired) electrons. The number of hydrogen-bond donors (Lipinski definition) is 2. The maximum atomic E-state index is 10.9. The van der Waals surface area contributed by atoms with Gasteiger partial charge in [-0.25, -0.2) is 0 Å². The third kappa shape index (κ3) is 12.2. The minimum atomic E-state index is -0.410. The van der Waals surface area contributed by atoms with Crippen LogP contribution in [0.25, 0.3) is 0 Å². The molecular weight excluding hydrogens is 238 g/mol. The van der Waals surface area contributed by atoms with Crippen molar-refractivity contribution in [1.29, 1.82) is 0 Å². The number of carbonyl (C=O) groups is 1. The molecule has 0 fully saturated rings. The topological polar surface area (TPSA) is 49.3 Å². The van der Waals surface area contributed by atoms with Crippen LogP contribution in [0.5, 0.6) is 0 Å². The second-order valence-electron chi connectivity index (χ2n) is 6.47. The highest BCUT2D eigenvalue weighted by Gasteiger charge is 2.26. The molecule has 0 rings (SSSR count). The van der Waals surface area contributed by atoms with E-state index in [1.54, 1.807) is 0 Å². The molecule has 0 heterocycles. The zero-order valence-corrected chi connectivity index (χ0v) is 14.1. The lowest BCUT2D eigenvalue weighted by atomic mass is 9.72. The summed E-state index contributed by atoms with van der Waals surface area (Å²) in [6.07, 6.45) is 4.46. The van der Waals surface area contributed by atoms with E-state index in [4.69, 9.17) is 5.11 Å². The average molecular weight is 273 g/mol. The van der Waals surface area contributed by atoms with E-state index in [1.807, 2.05) is 13.8 Å². The fourth-order valence-electron chi connectivity index (χ4n) is 2.36. The van der Waals surface area contributed by atoms with Crippen molar-refractivity contribution in [2.45, 2.75) is 74.1 Å². The Labute approximate surface area is 120 Å². The molecule has 116 valence electrons. The Morgan fingerprint density at radius 3 is 2.05 bits per heavy atom. The van der Waals surface area contributed by atoms with Gasteiger partial charge >= 0.3 is 0 Å². The third-order valence-corrected chi connectivity index (χ3v) is 3.41. The summed E-state index contributed by atoms with van der Waals surface area (Å²) in [4.78, 5) is 10.9. The molecule has 19 heavy (non-hydrogen) atoms. The standard InChI is InChI=1S/C14H29NO2.C2H6/c1-6-13(2,3)11-14(4,5)8-7-9-15-12(17)10-16;1-2/h16H,6-11H2,1-5H3,(H,15,17);1-2H3. The maximum Gasteiger partial charge on any atom is 0.245 e. The summed E-state index contributed by atoms with van der Waals surface area (Å²) in [5.41, 5.74) is 0.696. The van der Waals surface area contributed by atoms with Gasteiger partial charge in [-0.15, -0.1) is 0 Å². The lowest BCUT2D eigenvalue weighted by Crippen LogP contribution is -2.29. The molecular formula is C16H35NO2. The molecule has 0 saturated carbocycles. The van der Waals surface area contributed by atoms with Crippen LogP contribution in [0.4, 0.5) is 0 Å². The molecule has 0 aliphatic rings. The molecule has 0 aromatic rings. The molecule has 3 heteroatoms. The molecule has 0 spiro atoms. The zero-order chi connectivity index (χ0) is 15.5. The van der Waals surface area contributed by atoms with Crippen molar-refractivity contribution in [2.24, 2.45) is 10.8 Å². The minimum Gasteiger partial charge on any atom is -0.387 e. The summed E-state index contributed by atoms with van der Waals surface area (Å²) in [5.74, 6) is -0.281. The first kappa shape index (κ1) is 20.7. The second kappa shape index (κ2) is 10.2. The summed E-state index contributed by atoms with van der Waals surface area (Å²) in [5, 5.41) is 11.3. The molecule has 2 N–H and O–H groups in total. The number of aliphatic hydroxyl groups is 1. The molecule has 0 aliphatic carbocycles. The maximum absolute atomic E-state index is 10.9. The predicted molar refractivity (Wildman–Crippen MR) is 83.1 cm³/mol. The molecule has 0 aliphatic heterocycles. The van der Waals surface area contributed by atoms with E-state index in [2.05, 4.69) is 39.9 Å². The number of aliphatic hydroxyl groups excluding tert-OH is 1. The Morgan fingerprint density at radius 2 is 1.63 bits per heavy atom. The summed E-state index contributed by atoms with van der Waals surface area (Å²) in [6, 6.07) is 0. The molecule has 0 unspecified atom stereocenters. The Balaban J connectivity index is 0. The van der Waals surface area contributed by atoms with Gasteiger partial charge in [0.2, 0.25) is 5.91 Å². The molecule has 0 saturated heterocycles. The van der Waals surface area contributed by atoms with Crippen molar-refractivity contribution >= 4 is 5.91 Å². The number of carbonyl (C=O) groups excluding carboxylic acids is 1. The van der Waals surface area contributed by atoms with Gasteiger partial charge in [0.25, 0.3) is 0 Å². The first-order valence-electron chi connectivity index (χ1n) is 7.60. The number of rotatable bonds is 8. The van der Waals surface area contributed by atoms with E-state index in [-0.39, 0.29) is 5.91 Å². The highest BCUT2D eigenvalue weighted by molar-refractivity contribution is 5.76. The molecule has 0 atom stereocenters. The lowest BCUT2D eigenvalue weighted by molar-refractivity contribution is -0.123. The summed E-state index contributed by atoms with van der Waals surface area (Å²) in [6.45, 7) is 15.7. The number of hydrogen-bond acceptors (Lipinski definition) is 2. The highest BCUT2D eigenvalue weighted by Crippen LogP contribution is 2.38. The van der Waals surface area contributed by atoms with Crippen molar-refractivity contribution in [3.8, 4) is 0 Å². The predicted octanol–water partition coefficient (Wildman–Crippen LogP) is 3.75. The van der Waals surface area contributed by atoms with Crippen LogP contribution in [0.2, 0.25) is 0 Å². The van der Waals surface area contributed by atoms with Gasteiger partial charge in [0.1, 0.15) is 6.61 Å². The van der Waals surface area contributed by atoms with Crippen LogP contribution in [0.3, 0.4) is 0 Å². The van der Waals surface area contributed by atoms with Gasteiger partial charge in [0.05, 0.1) is 0 Å². The van der Waals surface area contributed by atoms with Gasteiger partial charge < -0.3 is 10.4 Å². The van der Waals surface area contributed by atoms with Gasteiger partial charge in [-0.05, 0) is 30.1 Å². The first-order valence-corrected chi connectivity index (χ1v) is 7.60. The van der Waals surface area contributed by atoms with Crippen molar-refractivity contribution in [2.75, 3.05) is 13.2 Å². The van der Waals surface area contributed by atoms with E-state index < -0.39 is 6.61 Å². The largest absolute Gasteiger partial charge is 0.387 e. The Morgan fingerprint density at radius 1 is 1.11 bits per heavy atom. The van der Waals surface area contributed by atoms with E-state index in [0.717, 1.165) is 12.8 Å². The molecule has 0 aromatic heterocycles. The number of nitrogens with one attached hydrogen (secondary N) is 1. The fourth-order valence-corrected chi connectivity index (χ4v) is 2.36. The van der Waals surface area contributed by atoms with E-state index in [0.29, 0.717) is 17.4 Å². The monoisotopic (exact) mass is 273 g/mol. The smallest absolute Gasteiger partial charge is 0.245 e. The zero-order valence-electron chi connectivity index (χ0n) is 14.1. The quantitative estimate of drug-likeness (QED) is 0.662. The number of amides is 1. The van der Waals surface area contributed by atoms with Gasteiger partial charge in [-0.1, -0.05) is 54.9 Å². The molecule has 1 amide bonds. The van der Waals surface area contributed by atoms with Crippen molar-refractivity contribution in [1.82, 2.24) is 5.32 Å². The average Bonchev–Trinajstić information content (AvgIpc) is 2.35. The van der Waals surface area contributed by atoms with Crippen LogP contribution in [-0.2, 0) is 4.79 Å². The van der Waals surface area contributed by atoms with Crippen LogP contribution >= 0.6 is 0 Å².